The van der Waals surface area contributed by atoms with Crippen LogP contribution in [0.5, 0.6) is 5.75 Å². The first kappa shape index (κ1) is 22.1. The van der Waals surface area contributed by atoms with Gasteiger partial charge in [0.15, 0.2) is 6.10 Å². The van der Waals surface area contributed by atoms with Crippen molar-refractivity contribution in [1.82, 2.24) is 10.2 Å². The number of aromatic nitrogens is 2. The van der Waals surface area contributed by atoms with Gasteiger partial charge in [0.2, 0.25) is 5.91 Å². The summed E-state index contributed by atoms with van der Waals surface area (Å²) in [6, 6.07) is 13.6. The largest absolute Gasteiger partial charge is 0.481 e. The Morgan fingerprint density at radius 1 is 1.12 bits per heavy atom. The third-order valence-electron chi connectivity index (χ3n) is 5.10. The zero-order chi connectivity index (χ0) is 22.3. The van der Waals surface area contributed by atoms with E-state index in [2.05, 4.69) is 20.4 Å². The van der Waals surface area contributed by atoms with Crippen LogP contribution in [0, 0.1) is 5.82 Å². The van der Waals surface area contributed by atoms with Crippen molar-refractivity contribution in [2.24, 2.45) is 0 Å². The minimum Gasteiger partial charge on any atom is -0.481 e. The second kappa shape index (κ2) is 10.5. The molecule has 1 aliphatic heterocycles. The van der Waals surface area contributed by atoms with E-state index in [0.29, 0.717) is 5.75 Å². The maximum Gasteiger partial charge on any atom is 0.277 e. The summed E-state index contributed by atoms with van der Waals surface area (Å²) < 4.78 is 24.3. The number of hydrogen-bond donors (Lipinski definition) is 1. The summed E-state index contributed by atoms with van der Waals surface area (Å²) in [6.07, 6.45) is 3.24. The van der Waals surface area contributed by atoms with Crippen molar-refractivity contribution in [2.45, 2.75) is 37.5 Å². The van der Waals surface area contributed by atoms with Crippen LogP contribution in [0.2, 0.25) is 0 Å². The number of anilines is 2. The Kier molecular flexibility index (Phi) is 7.26. The predicted molar refractivity (Wildman–Crippen MR) is 122 cm³/mol. The fourth-order valence-electron chi connectivity index (χ4n) is 3.44. The van der Waals surface area contributed by atoms with Crippen molar-refractivity contribution in [2.75, 3.05) is 29.1 Å². The molecule has 0 radical (unpaired) electrons. The standard InChI is InChI=1S/C23H25FN4O3S/c1-16(30-20-11-5-17(24)6-12-20)22-26-27-23(31-22)32-15-21(29)25-18-7-9-19(10-8-18)28-13-3-2-4-14-28/h5-12,16H,2-4,13-15H2,1H3,(H,25,29)/t16-/m0/s1. The zero-order valence-electron chi connectivity index (χ0n) is 17.8. The third kappa shape index (κ3) is 6.00. The molecule has 1 aliphatic rings. The molecule has 168 valence electrons. The van der Waals surface area contributed by atoms with E-state index in [-0.39, 0.29) is 28.6 Å². The highest BCUT2D eigenvalue weighted by molar-refractivity contribution is 7.99. The highest BCUT2D eigenvalue weighted by atomic mass is 32.2. The predicted octanol–water partition coefficient (Wildman–Crippen LogP) is 5.07. The van der Waals surface area contributed by atoms with Crippen LogP contribution in [0.15, 0.2) is 58.2 Å². The molecule has 2 heterocycles. The second-order valence-corrected chi connectivity index (χ2v) is 8.48. The number of nitrogens with one attached hydrogen (secondary N) is 1. The molecule has 32 heavy (non-hydrogen) atoms. The highest BCUT2D eigenvalue weighted by Gasteiger charge is 2.17. The lowest BCUT2D eigenvalue weighted by molar-refractivity contribution is -0.113. The van der Waals surface area contributed by atoms with E-state index < -0.39 is 6.10 Å². The molecule has 0 bridgehead atoms. The van der Waals surface area contributed by atoms with Gasteiger partial charge in [0.25, 0.3) is 11.1 Å². The van der Waals surface area contributed by atoms with Crippen molar-refractivity contribution in [3.8, 4) is 5.75 Å². The Morgan fingerprint density at radius 3 is 2.56 bits per heavy atom. The number of halogens is 1. The van der Waals surface area contributed by atoms with Crippen LogP contribution in [-0.4, -0.2) is 34.9 Å². The maximum absolute atomic E-state index is 13.0. The zero-order valence-corrected chi connectivity index (χ0v) is 18.6. The Bertz CT molecular complexity index is 1020. The van der Waals surface area contributed by atoms with Gasteiger partial charge in [-0.2, -0.15) is 0 Å². The molecular weight excluding hydrogens is 431 g/mol. The molecule has 1 aromatic heterocycles. The topological polar surface area (TPSA) is 80.5 Å². The van der Waals surface area contributed by atoms with E-state index in [1.807, 2.05) is 24.3 Å². The number of benzene rings is 2. The molecule has 0 saturated carbocycles. The Hall–Kier alpha value is -3.07. The maximum atomic E-state index is 13.0. The Labute approximate surface area is 190 Å². The number of hydrogen-bond acceptors (Lipinski definition) is 7. The molecule has 1 fully saturated rings. The number of nitrogens with zero attached hydrogens (tertiary/aromatic N) is 3. The SMILES string of the molecule is C[C@H](Oc1ccc(F)cc1)c1nnc(SCC(=O)Nc2ccc(N3CCCCC3)cc2)o1. The van der Waals surface area contributed by atoms with Gasteiger partial charge < -0.3 is 19.4 Å². The number of thioether (sulfide) groups is 1. The van der Waals surface area contributed by atoms with Gasteiger partial charge in [0, 0.05) is 24.5 Å². The molecule has 9 heteroatoms. The first-order valence-corrected chi connectivity index (χ1v) is 11.6. The molecule has 7 nitrogen and oxygen atoms in total. The molecule has 2 aromatic carbocycles. The van der Waals surface area contributed by atoms with Crippen molar-refractivity contribution >= 4 is 29.0 Å². The van der Waals surface area contributed by atoms with Gasteiger partial charge in [-0.1, -0.05) is 11.8 Å². The van der Waals surface area contributed by atoms with Crippen molar-refractivity contribution < 1.29 is 18.3 Å². The number of ether oxygens (including phenoxy) is 1. The van der Waals surface area contributed by atoms with Crippen LogP contribution >= 0.6 is 11.8 Å². The molecule has 0 spiro atoms. The Balaban J connectivity index is 1.24. The average Bonchev–Trinajstić information content (AvgIpc) is 3.30. The van der Waals surface area contributed by atoms with Crippen molar-refractivity contribution in [3.05, 3.63) is 60.2 Å². The molecule has 0 unspecified atom stereocenters. The minimum absolute atomic E-state index is 0.142. The summed E-state index contributed by atoms with van der Waals surface area (Å²) >= 11 is 1.15. The van der Waals surface area contributed by atoms with Gasteiger partial charge in [-0.05, 0) is 74.7 Å². The quantitative estimate of drug-likeness (QED) is 0.474. The lowest BCUT2D eigenvalue weighted by Crippen LogP contribution is -2.29. The summed E-state index contributed by atoms with van der Waals surface area (Å²) in [5.41, 5.74) is 1.94. The lowest BCUT2D eigenvalue weighted by atomic mass is 10.1. The summed E-state index contributed by atoms with van der Waals surface area (Å²) in [5.74, 6) is 0.430. The fraction of sp³-hybridized carbons (Fsp3) is 0.348. The molecule has 1 amide bonds. The molecule has 3 aromatic rings. The van der Waals surface area contributed by atoms with Crippen LogP contribution in [0.4, 0.5) is 15.8 Å². The van der Waals surface area contributed by atoms with E-state index in [1.54, 1.807) is 6.92 Å². The first-order valence-electron chi connectivity index (χ1n) is 10.6. The van der Waals surface area contributed by atoms with E-state index in [0.717, 1.165) is 30.5 Å². The smallest absolute Gasteiger partial charge is 0.277 e. The van der Waals surface area contributed by atoms with Gasteiger partial charge in [0.1, 0.15) is 11.6 Å². The summed E-state index contributed by atoms with van der Waals surface area (Å²) in [4.78, 5) is 14.7. The van der Waals surface area contributed by atoms with Gasteiger partial charge in [-0.15, -0.1) is 10.2 Å². The molecule has 4 rings (SSSR count). The van der Waals surface area contributed by atoms with Gasteiger partial charge in [0.05, 0.1) is 5.75 Å². The molecule has 1 N–H and O–H groups in total. The van der Waals surface area contributed by atoms with Crippen LogP contribution in [0.3, 0.4) is 0 Å². The van der Waals surface area contributed by atoms with Crippen LogP contribution in [-0.2, 0) is 4.79 Å². The van der Waals surface area contributed by atoms with Crippen molar-refractivity contribution in [3.63, 3.8) is 0 Å². The summed E-state index contributed by atoms with van der Waals surface area (Å²) in [6.45, 7) is 3.93. The minimum atomic E-state index is -0.505. The summed E-state index contributed by atoms with van der Waals surface area (Å²) in [5, 5.41) is 11.1. The second-order valence-electron chi connectivity index (χ2n) is 7.55. The third-order valence-corrected chi connectivity index (χ3v) is 5.91. The number of carbonyl (C=O) groups is 1. The monoisotopic (exact) mass is 456 g/mol. The first-order chi connectivity index (χ1) is 15.6. The van der Waals surface area contributed by atoms with E-state index in [9.17, 15) is 9.18 Å². The number of amides is 1. The number of carbonyl (C=O) groups excluding carboxylic acids is 1. The lowest BCUT2D eigenvalue weighted by Gasteiger charge is -2.28. The summed E-state index contributed by atoms with van der Waals surface area (Å²) in [7, 11) is 0. The average molecular weight is 457 g/mol. The molecule has 1 saturated heterocycles. The van der Waals surface area contributed by atoms with Crippen LogP contribution in [0.25, 0.3) is 0 Å². The van der Waals surface area contributed by atoms with Crippen LogP contribution < -0.4 is 15.0 Å². The van der Waals surface area contributed by atoms with E-state index in [1.165, 1.54) is 49.2 Å². The molecule has 0 aliphatic carbocycles. The normalized spacial score (nSPS) is 14.8. The van der Waals surface area contributed by atoms with Gasteiger partial charge in [-0.3, -0.25) is 4.79 Å². The van der Waals surface area contributed by atoms with Gasteiger partial charge >= 0.3 is 0 Å². The fourth-order valence-corrected chi connectivity index (χ4v) is 4.01. The highest BCUT2D eigenvalue weighted by Crippen LogP contribution is 2.25. The number of piperidine rings is 1. The van der Waals surface area contributed by atoms with E-state index >= 15 is 0 Å². The molecule has 1 atom stereocenters. The molecular formula is C23H25FN4O3S. The van der Waals surface area contributed by atoms with Crippen LogP contribution in [0.1, 0.15) is 38.2 Å². The van der Waals surface area contributed by atoms with E-state index in [4.69, 9.17) is 9.15 Å². The van der Waals surface area contributed by atoms with Crippen molar-refractivity contribution in [1.29, 1.82) is 0 Å². The van der Waals surface area contributed by atoms with Gasteiger partial charge in [-0.25, -0.2) is 4.39 Å². The number of rotatable bonds is 8. The Morgan fingerprint density at radius 2 is 1.84 bits per heavy atom.